The molecule has 30 heavy (non-hydrogen) atoms. The van der Waals surface area contributed by atoms with E-state index < -0.39 is 0 Å². The van der Waals surface area contributed by atoms with Gasteiger partial charge in [-0.05, 0) is 55.7 Å². The maximum absolute atomic E-state index is 4.58. The lowest BCUT2D eigenvalue weighted by Crippen LogP contribution is -2.52. The molecule has 0 fully saturated rings. The Morgan fingerprint density at radius 3 is 2.47 bits per heavy atom. The minimum absolute atomic E-state index is 0.315. The Bertz CT molecular complexity index is 1180. The van der Waals surface area contributed by atoms with Gasteiger partial charge in [-0.25, -0.2) is 0 Å². The summed E-state index contributed by atoms with van der Waals surface area (Å²) in [4.78, 5) is 0. The largest absolute Gasteiger partial charge is 0.218 e. The molecule has 0 spiro atoms. The first-order chi connectivity index (χ1) is 14.7. The van der Waals surface area contributed by atoms with Crippen LogP contribution >= 0.6 is 0 Å². The van der Waals surface area contributed by atoms with Gasteiger partial charge in [-0.3, -0.25) is 0 Å². The number of aromatic nitrogens is 2. The van der Waals surface area contributed by atoms with Gasteiger partial charge in [-0.15, -0.1) is 0 Å². The highest BCUT2D eigenvalue weighted by Crippen LogP contribution is 2.42. The molecule has 2 atom stereocenters. The first-order valence-corrected chi connectivity index (χ1v) is 10.8. The van der Waals surface area contributed by atoms with Crippen molar-refractivity contribution in [2.45, 2.75) is 32.2 Å². The molecule has 0 saturated carbocycles. The molecule has 0 N–H and O–H groups in total. The van der Waals surface area contributed by atoms with Gasteiger partial charge in [0, 0.05) is 41.3 Å². The maximum Gasteiger partial charge on any atom is 0.218 e. The van der Waals surface area contributed by atoms with Crippen molar-refractivity contribution in [3.8, 4) is 11.3 Å². The summed E-state index contributed by atoms with van der Waals surface area (Å²) in [5.74, 6) is 0.381. The van der Waals surface area contributed by atoms with Crippen LogP contribution in [0.25, 0.3) is 22.5 Å². The number of nitrogens with zero attached hydrogens (tertiary/aromatic N) is 2. The molecule has 0 amide bonds. The van der Waals surface area contributed by atoms with E-state index in [1.165, 1.54) is 33.7 Å². The molecule has 2 nitrogen and oxygen atoms in total. The van der Waals surface area contributed by atoms with Gasteiger partial charge < -0.3 is 0 Å². The van der Waals surface area contributed by atoms with Crippen LogP contribution in [0.15, 0.2) is 97.9 Å². The molecule has 3 aromatic rings. The van der Waals surface area contributed by atoms with Gasteiger partial charge in [-0.1, -0.05) is 30.9 Å². The van der Waals surface area contributed by atoms with Crippen LogP contribution < -0.4 is 9.13 Å². The van der Waals surface area contributed by atoms with E-state index in [-0.39, 0.29) is 0 Å². The van der Waals surface area contributed by atoms with E-state index in [1.807, 2.05) is 0 Å². The molecular formula is C28H28N2+2. The van der Waals surface area contributed by atoms with E-state index in [1.54, 1.807) is 0 Å². The van der Waals surface area contributed by atoms with Gasteiger partial charge in [0.15, 0.2) is 24.1 Å². The molecule has 2 unspecified atom stereocenters. The molecule has 2 heteroatoms. The van der Waals surface area contributed by atoms with E-state index >= 15 is 0 Å². The Morgan fingerprint density at radius 1 is 0.900 bits per heavy atom. The second-order valence-corrected chi connectivity index (χ2v) is 8.32. The summed E-state index contributed by atoms with van der Waals surface area (Å²) in [5, 5.41) is 0. The molecular weight excluding hydrogens is 364 g/mol. The molecule has 2 aromatic heterocycles. The minimum Gasteiger partial charge on any atom is -0.194 e. The van der Waals surface area contributed by atoms with Crippen LogP contribution in [0.2, 0.25) is 0 Å². The van der Waals surface area contributed by atoms with Crippen molar-refractivity contribution in [2.24, 2.45) is 5.92 Å². The molecule has 2 aliphatic rings. The lowest BCUT2D eigenvalue weighted by Gasteiger charge is -2.32. The normalized spacial score (nSPS) is 22.0. The minimum atomic E-state index is 0.315. The molecule has 0 bridgehead atoms. The quantitative estimate of drug-likeness (QED) is 0.442. The number of benzene rings is 1. The van der Waals surface area contributed by atoms with Gasteiger partial charge in [0.1, 0.15) is 0 Å². The molecule has 0 radical (unpaired) electrons. The number of allylic oxidation sites excluding steroid dienone is 4. The number of hydrogen-bond acceptors (Lipinski definition) is 0. The zero-order valence-corrected chi connectivity index (χ0v) is 17.6. The average Bonchev–Trinajstić information content (AvgIpc) is 2.79. The predicted octanol–water partition coefficient (Wildman–Crippen LogP) is 5.57. The monoisotopic (exact) mass is 392 g/mol. The number of rotatable bonds is 0. The highest BCUT2D eigenvalue weighted by atomic mass is 15.0. The second-order valence-electron chi connectivity index (χ2n) is 8.32. The fraction of sp³-hybridized carbons (Fsp3) is 0.214. The molecule has 4 heterocycles. The Morgan fingerprint density at radius 2 is 1.63 bits per heavy atom. The van der Waals surface area contributed by atoms with Gasteiger partial charge in [0.2, 0.25) is 11.4 Å². The third-order valence-corrected chi connectivity index (χ3v) is 6.73. The van der Waals surface area contributed by atoms with Crippen LogP contribution in [-0.4, -0.2) is 0 Å². The van der Waals surface area contributed by atoms with E-state index in [9.17, 15) is 0 Å². The zero-order valence-electron chi connectivity index (χ0n) is 17.6. The third kappa shape index (κ3) is 2.95. The molecule has 2 aliphatic heterocycles. The highest BCUT2D eigenvalue weighted by Gasteiger charge is 2.42. The van der Waals surface area contributed by atoms with Crippen molar-refractivity contribution in [3.05, 3.63) is 109 Å². The maximum atomic E-state index is 4.58. The summed E-state index contributed by atoms with van der Waals surface area (Å²) in [6.07, 6.45) is 9.61. The van der Waals surface area contributed by atoms with Gasteiger partial charge in [-0.2, -0.15) is 9.13 Å². The van der Waals surface area contributed by atoms with Gasteiger partial charge >= 0.3 is 0 Å². The van der Waals surface area contributed by atoms with Crippen LogP contribution in [0.4, 0.5) is 0 Å². The van der Waals surface area contributed by atoms with Crippen molar-refractivity contribution >= 4 is 11.3 Å². The summed E-state index contributed by atoms with van der Waals surface area (Å²) in [7, 11) is 0. The molecule has 1 aromatic carbocycles. The Kier molecular flexibility index (Phi) is 4.71. The van der Waals surface area contributed by atoms with E-state index in [0.717, 1.165) is 25.0 Å². The average molecular weight is 393 g/mol. The van der Waals surface area contributed by atoms with Crippen LogP contribution in [0.3, 0.4) is 0 Å². The van der Waals surface area contributed by atoms with Crippen molar-refractivity contribution < 1.29 is 9.13 Å². The Hall–Kier alpha value is -3.26. The summed E-state index contributed by atoms with van der Waals surface area (Å²) < 4.78 is 4.73. The van der Waals surface area contributed by atoms with Crippen molar-refractivity contribution in [1.82, 2.24) is 0 Å². The number of hydrogen-bond donors (Lipinski definition) is 0. The second kappa shape index (κ2) is 7.53. The standard InChI is InChI=1S/C28H28N2/c1-4-23-21(3)24-16-15-22-11-5-6-12-25(22)27-14-7-9-17-29(27)20(2)19-28(24)30-18-10-8-13-26(23)30/h4-14,17-18,24,28H,2-3,15-16,19H2,1H3/q+2/b23-4+. The number of fused-ring (bicyclic) bond motifs is 6. The lowest BCUT2D eigenvalue weighted by molar-refractivity contribution is -0.735. The van der Waals surface area contributed by atoms with Crippen LogP contribution in [-0.2, 0) is 6.42 Å². The van der Waals surface area contributed by atoms with Crippen molar-refractivity contribution in [3.63, 3.8) is 0 Å². The molecule has 0 aliphatic carbocycles. The summed E-state index contributed by atoms with van der Waals surface area (Å²) in [6.45, 7) is 11.2. The van der Waals surface area contributed by atoms with Crippen molar-refractivity contribution in [1.29, 1.82) is 0 Å². The van der Waals surface area contributed by atoms with Crippen LogP contribution in [0, 0.1) is 5.92 Å². The molecule has 148 valence electrons. The number of pyridine rings is 2. The first kappa shape index (κ1) is 18.7. The zero-order chi connectivity index (χ0) is 20.7. The fourth-order valence-electron chi connectivity index (χ4n) is 5.28. The van der Waals surface area contributed by atoms with E-state index in [2.05, 4.69) is 108 Å². The van der Waals surface area contributed by atoms with Crippen LogP contribution in [0.5, 0.6) is 0 Å². The summed E-state index contributed by atoms with van der Waals surface area (Å²) in [5.41, 5.74) is 8.84. The Balaban J connectivity index is 1.70. The van der Waals surface area contributed by atoms with Crippen molar-refractivity contribution in [2.75, 3.05) is 0 Å². The number of aryl methyl sites for hydroxylation is 1. The Labute approximate surface area is 179 Å². The third-order valence-electron chi connectivity index (χ3n) is 6.73. The smallest absolute Gasteiger partial charge is 0.194 e. The lowest BCUT2D eigenvalue weighted by atomic mass is 9.76. The van der Waals surface area contributed by atoms with E-state index in [0.29, 0.717) is 12.0 Å². The molecule has 0 saturated heterocycles. The summed E-state index contributed by atoms with van der Waals surface area (Å²) >= 11 is 0. The fourth-order valence-corrected chi connectivity index (χ4v) is 5.28. The van der Waals surface area contributed by atoms with Crippen LogP contribution in [0.1, 0.15) is 37.1 Å². The predicted molar refractivity (Wildman–Crippen MR) is 122 cm³/mol. The van der Waals surface area contributed by atoms with Gasteiger partial charge in [0.05, 0.1) is 6.42 Å². The highest BCUT2D eigenvalue weighted by molar-refractivity contribution is 5.76. The SMILES string of the molecule is C=C1/C(=C\C)c2cccc[n+]2C2CC(=C)[n+]3ccccc3-c3ccccc3CCC12. The van der Waals surface area contributed by atoms with E-state index in [4.69, 9.17) is 0 Å². The summed E-state index contributed by atoms with van der Waals surface area (Å²) in [6, 6.07) is 22.0. The first-order valence-electron chi connectivity index (χ1n) is 10.8. The topological polar surface area (TPSA) is 7.76 Å². The molecule has 5 rings (SSSR count). The van der Waals surface area contributed by atoms with Gasteiger partial charge in [0.25, 0.3) is 0 Å².